The maximum absolute atomic E-state index is 11.3. The van der Waals surface area contributed by atoms with Crippen LogP contribution in [0.3, 0.4) is 0 Å². The number of hydrogen-bond acceptors (Lipinski definition) is 5. The van der Waals surface area contributed by atoms with Crippen molar-refractivity contribution in [1.82, 2.24) is 9.97 Å². The van der Waals surface area contributed by atoms with Crippen molar-refractivity contribution in [3.05, 3.63) is 18.3 Å². The maximum atomic E-state index is 11.3. The van der Waals surface area contributed by atoms with E-state index in [1.165, 1.54) is 11.3 Å². The van der Waals surface area contributed by atoms with Crippen LogP contribution in [0.15, 0.2) is 18.3 Å². The van der Waals surface area contributed by atoms with Gasteiger partial charge in [-0.25, -0.2) is 14.8 Å². The van der Waals surface area contributed by atoms with E-state index in [0.29, 0.717) is 6.42 Å². The lowest BCUT2D eigenvalue weighted by Gasteiger charge is -2.32. The van der Waals surface area contributed by atoms with Crippen molar-refractivity contribution in [2.75, 3.05) is 11.4 Å². The predicted octanol–water partition coefficient (Wildman–Crippen LogP) is 2.13. The van der Waals surface area contributed by atoms with Gasteiger partial charge in [0.15, 0.2) is 5.13 Å². The molecule has 1 N–H and O–H groups in total. The first-order valence-electron chi connectivity index (χ1n) is 5.97. The molecule has 1 saturated heterocycles. The number of hydrogen-bond donors (Lipinski definition) is 1. The number of aliphatic carboxylic acids is 1. The number of aromatic nitrogens is 2. The molecule has 2 aromatic rings. The Bertz CT molecular complexity index is 550. The Morgan fingerprint density at radius 2 is 2.39 bits per heavy atom. The highest BCUT2D eigenvalue weighted by atomic mass is 32.1. The van der Waals surface area contributed by atoms with Crippen LogP contribution in [-0.2, 0) is 4.79 Å². The Hall–Kier alpha value is -1.69. The molecule has 0 amide bonds. The van der Waals surface area contributed by atoms with Crippen molar-refractivity contribution in [1.29, 1.82) is 0 Å². The second kappa shape index (κ2) is 4.53. The molecule has 0 radical (unpaired) electrons. The van der Waals surface area contributed by atoms with Gasteiger partial charge in [0.1, 0.15) is 16.4 Å². The molecule has 3 heterocycles. The molecule has 2 aromatic heterocycles. The largest absolute Gasteiger partial charge is 0.480 e. The first kappa shape index (κ1) is 11.4. The number of pyridine rings is 1. The van der Waals surface area contributed by atoms with Crippen molar-refractivity contribution >= 4 is 32.8 Å². The molecule has 6 heteroatoms. The summed E-state index contributed by atoms with van der Waals surface area (Å²) in [6.45, 7) is 0.761. The number of piperidine rings is 1. The molecular formula is C12H13N3O2S. The van der Waals surface area contributed by atoms with E-state index in [1.54, 1.807) is 6.20 Å². The van der Waals surface area contributed by atoms with Crippen LogP contribution < -0.4 is 4.90 Å². The van der Waals surface area contributed by atoms with E-state index in [4.69, 9.17) is 0 Å². The van der Waals surface area contributed by atoms with E-state index in [2.05, 4.69) is 9.97 Å². The molecule has 0 bridgehead atoms. The number of anilines is 1. The maximum Gasteiger partial charge on any atom is 0.326 e. The fraction of sp³-hybridized carbons (Fsp3) is 0.417. The van der Waals surface area contributed by atoms with Gasteiger partial charge in [-0.3, -0.25) is 0 Å². The summed E-state index contributed by atoms with van der Waals surface area (Å²) < 4.78 is 0. The van der Waals surface area contributed by atoms with Gasteiger partial charge in [0.05, 0.1) is 0 Å². The van der Waals surface area contributed by atoms with E-state index < -0.39 is 12.0 Å². The molecule has 1 fully saturated rings. The van der Waals surface area contributed by atoms with Gasteiger partial charge < -0.3 is 10.0 Å². The Kier molecular flexibility index (Phi) is 2.87. The van der Waals surface area contributed by atoms with Crippen LogP contribution in [0.2, 0.25) is 0 Å². The van der Waals surface area contributed by atoms with Crippen LogP contribution in [0.25, 0.3) is 10.3 Å². The van der Waals surface area contributed by atoms with Crippen molar-refractivity contribution < 1.29 is 9.90 Å². The quantitative estimate of drug-likeness (QED) is 0.899. The smallest absolute Gasteiger partial charge is 0.326 e. The van der Waals surface area contributed by atoms with E-state index in [0.717, 1.165) is 34.9 Å². The van der Waals surface area contributed by atoms with E-state index in [9.17, 15) is 9.90 Å². The Balaban J connectivity index is 1.98. The number of thiazole rings is 1. The summed E-state index contributed by atoms with van der Waals surface area (Å²) in [5.41, 5.74) is 0.840. The van der Waals surface area contributed by atoms with Crippen LogP contribution in [0.5, 0.6) is 0 Å². The summed E-state index contributed by atoms with van der Waals surface area (Å²) in [6, 6.07) is 3.30. The average molecular weight is 263 g/mol. The number of carboxylic acid groups (broad SMARTS) is 1. The minimum Gasteiger partial charge on any atom is -0.480 e. The molecule has 1 aliphatic heterocycles. The lowest BCUT2D eigenvalue weighted by molar-refractivity contribution is -0.139. The Morgan fingerprint density at radius 3 is 3.17 bits per heavy atom. The fourth-order valence-electron chi connectivity index (χ4n) is 2.30. The third-order valence-corrected chi connectivity index (χ3v) is 4.20. The standard InChI is InChI=1S/C12H13N3O2S/c16-11(17)9-5-1-2-7-15(9)12-14-8-4-3-6-13-10(8)18-12/h3-4,6,9H,1-2,5,7H2,(H,16,17). The lowest BCUT2D eigenvalue weighted by atomic mass is 10.0. The van der Waals surface area contributed by atoms with Crippen molar-refractivity contribution in [3.63, 3.8) is 0 Å². The highest BCUT2D eigenvalue weighted by Gasteiger charge is 2.30. The summed E-state index contributed by atoms with van der Waals surface area (Å²) in [5.74, 6) is -0.762. The van der Waals surface area contributed by atoms with Crippen LogP contribution in [0.1, 0.15) is 19.3 Å². The van der Waals surface area contributed by atoms with Gasteiger partial charge in [-0.2, -0.15) is 0 Å². The molecule has 1 aliphatic rings. The summed E-state index contributed by atoms with van der Waals surface area (Å²) >= 11 is 1.47. The molecule has 0 aliphatic carbocycles. The molecule has 1 unspecified atom stereocenters. The molecule has 18 heavy (non-hydrogen) atoms. The second-order valence-corrected chi connectivity index (χ2v) is 5.32. The van der Waals surface area contributed by atoms with Crippen molar-refractivity contribution in [2.45, 2.75) is 25.3 Å². The highest BCUT2D eigenvalue weighted by Crippen LogP contribution is 2.31. The van der Waals surface area contributed by atoms with Crippen molar-refractivity contribution in [3.8, 4) is 0 Å². The molecule has 0 saturated carbocycles. The minimum absolute atomic E-state index is 0.445. The highest BCUT2D eigenvalue weighted by molar-refractivity contribution is 7.21. The van der Waals surface area contributed by atoms with E-state index >= 15 is 0 Å². The van der Waals surface area contributed by atoms with Gasteiger partial charge >= 0.3 is 5.97 Å². The third kappa shape index (κ3) is 1.92. The molecule has 3 rings (SSSR count). The number of carboxylic acids is 1. The van der Waals surface area contributed by atoms with E-state index in [1.807, 2.05) is 17.0 Å². The van der Waals surface area contributed by atoms with Gasteiger partial charge in [-0.05, 0) is 31.4 Å². The molecule has 0 aromatic carbocycles. The van der Waals surface area contributed by atoms with Crippen LogP contribution in [-0.4, -0.2) is 33.6 Å². The molecule has 5 nitrogen and oxygen atoms in total. The monoisotopic (exact) mass is 263 g/mol. The van der Waals surface area contributed by atoms with Crippen LogP contribution in [0, 0.1) is 0 Å². The first-order chi connectivity index (χ1) is 8.75. The van der Waals surface area contributed by atoms with Gasteiger partial charge in [0.25, 0.3) is 0 Å². The summed E-state index contributed by atoms with van der Waals surface area (Å²) in [4.78, 5) is 22.8. The van der Waals surface area contributed by atoms with Crippen LogP contribution in [0.4, 0.5) is 5.13 Å². The summed E-state index contributed by atoms with van der Waals surface area (Å²) in [5, 5.41) is 10.0. The number of nitrogens with zero attached hydrogens (tertiary/aromatic N) is 3. The second-order valence-electron chi connectivity index (χ2n) is 4.37. The average Bonchev–Trinajstić information content (AvgIpc) is 2.82. The molecule has 1 atom stereocenters. The topological polar surface area (TPSA) is 66.3 Å². The van der Waals surface area contributed by atoms with Gasteiger partial charge in [0.2, 0.25) is 0 Å². The number of carbonyl (C=O) groups is 1. The molecule has 0 spiro atoms. The van der Waals surface area contributed by atoms with Crippen LogP contribution >= 0.6 is 11.3 Å². The molecular weight excluding hydrogens is 250 g/mol. The lowest BCUT2D eigenvalue weighted by Crippen LogP contribution is -2.44. The number of fused-ring (bicyclic) bond motifs is 1. The fourth-order valence-corrected chi connectivity index (χ4v) is 3.28. The SMILES string of the molecule is O=C(O)C1CCCCN1c1nc2cccnc2s1. The zero-order valence-corrected chi connectivity index (χ0v) is 10.6. The zero-order valence-electron chi connectivity index (χ0n) is 9.74. The van der Waals surface area contributed by atoms with Gasteiger partial charge in [-0.15, -0.1) is 0 Å². The minimum atomic E-state index is -0.762. The van der Waals surface area contributed by atoms with Gasteiger partial charge in [-0.1, -0.05) is 11.3 Å². The summed E-state index contributed by atoms with van der Waals surface area (Å²) in [6.07, 6.45) is 4.41. The first-order valence-corrected chi connectivity index (χ1v) is 6.78. The molecule has 94 valence electrons. The Morgan fingerprint density at radius 1 is 1.50 bits per heavy atom. The summed E-state index contributed by atoms with van der Waals surface area (Å²) in [7, 11) is 0. The van der Waals surface area contributed by atoms with Gasteiger partial charge in [0, 0.05) is 12.7 Å². The third-order valence-electron chi connectivity index (χ3n) is 3.19. The van der Waals surface area contributed by atoms with E-state index in [-0.39, 0.29) is 0 Å². The normalized spacial score (nSPS) is 20.2. The number of rotatable bonds is 2. The Labute approximate surface area is 108 Å². The van der Waals surface area contributed by atoms with Crippen molar-refractivity contribution in [2.24, 2.45) is 0 Å². The predicted molar refractivity (Wildman–Crippen MR) is 70.0 cm³/mol. The zero-order chi connectivity index (χ0) is 12.5.